The quantitative estimate of drug-likeness (QED) is 0.415. The van der Waals surface area contributed by atoms with Crippen LogP contribution in [0.15, 0.2) is 58.4 Å². The van der Waals surface area contributed by atoms with Crippen molar-refractivity contribution in [2.45, 2.75) is 44.4 Å². The van der Waals surface area contributed by atoms with Crippen molar-refractivity contribution >= 4 is 15.8 Å². The molecule has 2 aromatic carbocycles. The van der Waals surface area contributed by atoms with Gasteiger partial charge >= 0.3 is 0 Å². The Morgan fingerprint density at radius 2 is 1.70 bits per heavy atom. The lowest BCUT2D eigenvalue weighted by Crippen LogP contribution is -2.39. The Labute approximate surface area is 179 Å². The van der Waals surface area contributed by atoms with Gasteiger partial charge < -0.3 is 20.5 Å². The third-order valence-electron chi connectivity index (χ3n) is 4.21. The number of aliphatic hydroxyl groups excluding tert-OH is 1. The van der Waals surface area contributed by atoms with Crippen molar-refractivity contribution in [3.8, 4) is 5.75 Å². The van der Waals surface area contributed by atoms with Gasteiger partial charge in [0.25, 0.3) is 0 Å². The van der Waals surface area contributed by atoms with E-state index in [2.05, 4.69) is 15.6 Å². The maximum absolute atomic E-state index is 11.5. The molecule has 0 radical (unpaired) electrons. The Bertz CT molecular complexity index is 924. The fraction of sp³-hybridized carbons (Fsp3) is 0.409. The minimum Gasteiger partial charge on any atom is -0.491 e. The molecule has 0 amide bonds. The van der Waals surface area contributed by atoms with Gasteiger partial charge in [-0.05, 0) is 56.2 Å². The maximum atomic E-state index is 11.5. The van der Waals surface area contributed by atoms with Crippen molar-refractivity contribution in [1.29, 1.82) is 0 Å². The molecule has 2 rings (SSSR count). The molecule has 1 unspecified atom stereocenters. The molecule has 0 fully saturated rings. The van der Waals surface area contributed by atoms with E-state index in [-0.39, 0.29) is 11.0 Å². The van der Waals surface area contributed by atoms with E-state index in [9.17, 15) is 13.5 Å². The number of rotatable bonds is 9. The predicted molar refractivity (Wildman–Crippen MR) is 120 cm³/mol. The van der Waals surface area contributed by atoms with Crippen molar-refractivity contribution < 1.29 is 18.3 Å². The Hall–Kier alpha value is -2.58. The summed E-state index contributed by atoms with van der Waals surface area (Å²) in [4.78, 5) is 4.79. The maximum Gasteiger partial charge on any atom is 0.191 e. The Kier molecular flexibility index (Phi) is 8.68. The van der Waals surface area contributed by atoms with E-state index in [1.54, 1.807) is 24.3 Å². The standard InChI is InChI=1S/C22H31N3O4S/c1-5-23-22(24-14-17-6-12-20(13-7-17)30(4,27)28)25-15-21(26)18-8-10-19(11-9-18)29-16(2)3/h6-13,16,21,26H,5,14-15H2,1-4H3,(H2,23,24,25). The first kappa shape index (κ1) is 23.7. The van der Waals surface area contributed by atoms with E-state index >= 15 is 0 Å². The minimum atomic E-state index is -3.21. The zero-order valence-corrected chi connectivity index (χ0v) is 18.7. The van der Waals surface area contributed by atoms with Crippen LogP contribution in [0.1, 0.15) is 38.0 Å². The minimum absolute atomic E-state index is 0.101. The van der Waals surface area contributed by atoms with Gasteiger partial charge in [-0.25, -0.2) is 13.4 Å². The van der Waals surface area contributed by atoms with E-state index in [1.807, 2.05) is 45.0 Å². The number of guanidine groups is 1. The van der Waals surface area contributed by atoms with E-state index < -0.39 is 15.9 Å². The van der Waals surface area contributed by atoms with Crippen molar-refractivity contribution in [1.82, 2.24) is 10.6 Å². The van der Waals surface area contributed by atoms with Crippen molar-refractivity contribution in [3.05, 3.63) is 59.7 Å². The van der Waals surface area contributed by atoms with Crippen molar-refractivity contribution in [3.63, 3.8) is 0 Å². The Morgan fingerprint density at radius 1 is 1.07 bits per heavy atom. The summed E-state index contributed by atoms with van der Waals surface area (Å²) in [6, 6.07) is 14.0. The smallest absolute Gasteiger partial charge is 0.191 e. The van der Waals surface area contributed by atoms with Crippen LogP contribution < -0.4 is 15.4 Å². The molecule has 0 saturated heterocycles. The molecule has 1 atom stereocenters. The number of sulfone groups is 1. The van der Waals surface area contributed by atoms with Crippen LogP contribution in [0.5, 0.6) is 5.75 Å². The highest BCUT2D eigenvalue weighted by Crippen LogP contribution is 2.18. The average Bonchev–Trinajstić information content (AvgIpc) is 2.69. The lowest BCUT2D eigenvalue weighted by atomic mass is 10.1. The fourth-order valence-electron chi connectivity index (χ4n) is 2.71. The third kappa shape index (κ3) is 7.68. The number of benzene rings is 2. The summed E-state index contributed by atoms with van der Waals surface area (Å²) in [5, 5.41) is 16.7. The highest BCUT2D eigenvalue weighted by atomic mass is 32.2. The zero-order valence-electron chi connectivity index (χ0n) is 17.9. The first-order valence-corrected chi connectivity index (χ1v) is 11.8. The monoisotopic (exact) mass is 433 g/mol. The molecule has 0 aliphatic rings. The number of hydrogen-bond donors (Lipinski definition) is 3. The molecule has 0 bridgehead atoms. The number of aliphatic imine (C=N–C) groups is 1. The SMILES string of the molecule is CCNC(=NCc1ccc(S(C)(=O)=O)cc1)NCC(O)c1ccc(OC(C)C)cc1. The molecule has 30 heavy (non-hydrogen) atoms. The summed E-state index contributed by atoms with van der Waals surface area (Å²) < 4.78 is 28.7. The van der Waals surface area contributed by atoms with Gasteiger partial charge in [-0.3, -0.25) is 0 Å². The first-order valence-electron chi connectivity index (χ1n) is 9.95. The number of nitrogens with one attached hydrogen (secondary N) is 2. The summed E-state index contributed by atoms with van der Waals surface area (Å²) in [5.41, 5.74) is 1.67. The van der Waals surface area contributed by atoms with Gasteiger partial charge in [-0.15, -0.1) is 0 Å². The topological polar surface area (TPSA) is 100 Å². The second-order valence-corrected chi connectivity index (χ2v) is 9.26. The Balaban J connectivity index is 1.95. The lowest BCUT2D eigenvalue weighted by molar-refractivity contribution is 0.180. The normalized spacial score (nSPS) is 13.2. The molecule has 7 nitrogen and oxygen atoms in total. The van der Waals surface area contributed by atoms with Gasteiger partial charge in [-0.2, -0.15) is 0 Å². The van der Waals surface area contributed by atoms with E-state index in [4.69, 9.17) is 4.74 Å². The van der Waals surface area contributed by atoms with Gasteiger partial charge in [0.1, 0.15) is 5.75 Å². The van der Waals surface area contributed by atoms with Crippen LogP contribution in [0.3, 0.4) is 0 Å². The second-order valence-electron chi connectivity index (χ2n) is 7.24. The molecule has 0 spiro atoms. The zero-order chi connectivity index (χ0) is 22.1. The van der Waals surface area contributed by atoms with Crippen LogP contribution in [-0.2, 0) is 16.4 Å². The summed E-state index contributed by atoms with van der Waals surface area (Å²) in [5.74, 6) is 1.34. The van der Waals surface area contributed by atoms with Crippen LogP contribution in [0.25, 0.3) is 0 Å². The van der Waals surface area contributed by atoms with Crippen LogP contribution in [0.2, 0.25) is 0 Å². The second kappa shape index (κ2) is 11.0. The van der Waals surface area contributed by atoms with Gasteiger partial charge in [0, 0.05) is 19.3 Å². The van der Waals surface area contributed by atoms with E-state index in [0.29, 0.717) is 25.6 Å². The summed E-state index contributed by atoms with van der Waals surface area (Å²) in [7, 11) is -3.21. The molecule has 8 heteroatoms. The number of aliphatic hydroxyl groups is 1. The van der Waals surface area contributed by atoms with Gasteiger partial charge in [0.2, 0.25) is 0 Å². The van der Waals surface area contributed by atoms with E-state index in [1.165, 1.54) is 6.26 Å². The van der Waals surface area contributed by atoms with Gasteiger partial charge in [0.15, 0.2) is 15.8 Å². The highest BCUT2D eigenvalue weighted by molar-refractivity contribution is 7.90. The van der Waals surface area contributed by atoms with Crippen LogP contribution >= 0.6 is 0 Å². The predicted octanol–water partition coefficient (Wildman–Crippen LogP) is 2.67. The Morgan fingerprint density at radius 3 is 2.23 bits per heavy atom. The molecule has 0 aromatic heterocycles. The number of hydrogen-bond acceptors (Lipinski definition) is 5. The van der Waals surface area contributed by atoms with Gasteiger partial charge in [-0.1, -0.05) is 24.3 Å². The number of nitrogens with zero attached hydrogens (tertiary/aromatic N) is 1. The number of ether oxygens (including phenoxy) is 1. The van der Waals surface area contributed by atoms with E-state index in [0.717, 1.165) is 16.9 Å². The van der Waals surface area contributed by atoms with Crippen LogP contribution in [0, 0.1) is 0 Å². The summed E-state index contributed by atoms with van der Waals surface area (Å²) in [6.07, 6.45) is 0.587. The molecular formula is C22H31N3O4S. The average molecular weight is 434 g/mol. The molecule has 3 N–H and O–H groups in total. The molecule has 0 aliphatic carbocycles. The molecule has 0 heterocycles. The first-order chi connectivity index (χ1) is 14.2. The molecular weight excluding hydrogens is 402 g/mol. The van der Waals surface area contributed by atoms with Crippen molar-refractivity contribution in [2.75, 3.05) is 19.3 Å². The fourth-order valence-corrected chi connectivity index (χ4v) is 3.34. The van der Waals surface area contributed by atoms with Gasteiger partial charge in [0.05, 0.1) is 23.6 Å². The molecule has 0 aliphatic heterocycles. The van der Waals surface area contributed by atoms with Crippen LogP contribution in [-0.4, -0.2) is 44.9 Å². The van der Waals surface area contributed by atoms with Crippen molar-refractivity contribution in [2.24, 2.45) is 4.99 Å². The lowest BCUT2D eigenvalue weighted by Gasteiger charge is -2.16. The molecule has 2 aromatic rings. The molecule has 0 saturated carbocycles. The highest BCUT2D eigenvalue weighted by Gasteiger charge is 2.10. The summed E-state index contributed by atoms with van der Waals surface area (Å²) >= 11 is 0. The van der Waals surface area contributed by atoms with Crippen LogP contribution in [0.4, 0.5) is 0 Å². The largest absolute Gasteiger partial charge is 0.491 e. The molecule has 164 valence electrons. The summed E-state index contributed by atoms with van der Waals surface area (Å²) in [6.45, 7) is 7.25. The third-order valence-corrected chi connectivity index (χ3v) is 5.34.